The first-order valence-electron chi connectivity index (χ1n) is 8.50. The Morgan fingerprint density at radius 3 is 1.66 bits per heavy atom. The van der Waals surface area contributed by atoms with E-state index in [1.54, 1.807) is 13.8 Å². The van der Waals surface area contributed by atoms with E-state index >= 15 is 0 Å². The van der Waals surface area contributed by atoms with Gasteiger partial charge in [-0.2, -0.15) is 0 Å². The standard InChI is InChI=1S/C17H16I3N3O6/c1-3-7(24)21-15-12(18)11(13(19)16(14(15)20)22-8(25)4-2)17(28)29-23-9(26)5-6-10(23)27/h3-6H2,1-2H3,(H,21,24)(H,22,25). The summed E-state index contributed by atoms with van der Waals surface area (Å²) >= 11 is 5.75. The maximum absolute atomic E-state index is 12.9. The maximum atomic E-state index is 12.9. The molecule has 1 saturated heterocycles. The Bertz CT molecular complexity index is 857. The first-order chi connectivity index (χ1) is 13.6. The van der Waals surface area contributed by atoms with Crippen molar-refractivity contribution in [1.82, 2.24) is 5.06 Å². The molecule has 0 atom stereocenters. The first-order valence-corrected chi connectivity index (χ1v) is 11.7. The van der Waals surface area contributed by atoms with Crippen LogP contribution in [0.2, 0.25) is 0 Å². The van der Waals surface area contributed by atoms with Crippen LogP contribution in [0.1, 0.15) is 49.9 Å². The molecule has 1 heterocycles. The number of hydrogen-bond acceptors (Lipinski definition) is 6. The summed E-state index contributed by atoms with van der Waals surface area (Å²) in [5, 5.41) is 5.92. The van der Waals surface area contributed by atoms with Crippen molar-refractivity contribution in [1.29, 1.82) is 0 Å². The van der Waals surface area contributed by atoms with E-state index in [2.05, 4.69) is 10.6 Å². The molecule has 0 bridgehead atoms. The third-order valence-electron chi connectivity index (χ3n) is 3.87. The van der Waals surface area contributed by atoms with E-state index in [1.807, 2.05) is 67.8 Å². The molecule has 2 N–H and O–H groups in total. The zero-order valence-corrected chi connectivity index (χ0v) is 21.8. The minimum Gasteiger partial charge on any atom is -0.325 e. The zero-order chi connectivity index (χ0) is 21.9. The lowest BCUT2D eigenvalue weighted by atomic mass is 10.1. The zero-order valence-electron chi connectivity index (χ0n) is 15.4. The van der Waals surface area contributed by atoms with Crippen LogP contribution in [0.4, 0.5) is 11.4 Å². The van der Waals surface area contributed by atoms with Gasteiger partial charge in [0.2, 0.25) is 11.8 Å². The third kappa shape index (κ3) is 5.36. The minimum atomic E-state index is -0.933. The van der Waals surface area contributed by atoms with Gasteiger partial charge in [-0.1, -0.05) is 13.8 Å². The van der Waals surface area contributed by atoms with Gasteiger partial charge in [0.15, 0.2) is 0 Å². The predicted molar refractivity (Wildman–Crippen MR) is 129 cm³/mol. The highest BCUT2D eigenvalue weighted by Gasteiger charge is 2.35. The largest absolute Gasteiger partial charge is 0.366 e. The second kappa shape index (κ2) is 10.3. The molecule has 0 saturated carbocycles. The molecule has 0 unspecified atom stereocenters. The Hall–Kier alpha value is -1.04. The average molecular weight is 739 g/mol. The molecule has 0 spiro atoms. The second-order valence-corrected chi connectivity index (χ2v) is 9.07. The van der Waals surface area contributed by atoms with Gasteiger partial charge >= 0.3 is 5.97 Å². The quantitative estimate of drug-likeness (QED) is 0.341. The van der Waals surface area contributed by atoms with Crippen LogP contribution < -0.4 is 10.6 Å². The van der Waals surface area contributed by atoms with Gasteiger partial charge in [0.25, 0.3) is 11.8 Å². The molecule has 1 fully saturated rings. The fourth-order valence-electron chi connectivity index (χ4n) is 2.30. The average Bonchev–Trinajstić information content (AvgIpc) is 3.00. The summed E-state index contributed by atoms with van der Waals surface area (Å²) in [6, 6.07) is 0. The van der Waals surface area contributed by atoms with E-state index in [1.165, 1.54) is 0 Å². The molecule has 1 aliphatic rings. The number of halogens is 3. The van der Waals surface area contributed by atoms with Gasteiger partial charge in [-0.25, -0.2) is 4.79 Å². The number of nitrogens with one attached hydrogen (secondary N) is 2. The fourth-order valence-corrected chi connectivity index (χ4v) is 6.45. The smallest absolute Gasteiger partial charge is 0.325 e. The number of benzene rings is 1. The fraction of sp³-hybridized carbons (Fsp3) is 0.353. The van der Waals surface area contributed by atoms with E-state index in [-0.39, 0.29) is 43.1 Å². The van der Waals surface area contributed by atoms with Crippen LogP contribution in [0.15, 0.2) is 0 Å². The summed E-state index contributed by atoms with van der Waals surface area (Å²) in [5.41, 5.74) is 0.726. The molecule has 1 aliphatic heterocycles. The van der Waals surface area contributed by atoms with Gasteiger partial charge in [0, 0.05) is 25.7 Å². The van der Waals surface area contributed by atoms with Crippen molar-refractivity contribution in [2.75, 3.05) is 10.6 Å². The molecule has 0 aromatic heterocycles. The van der Waals surface area contributed by atoms with Crippen molar-refractivity contribution >= 4 is 109 Å². The van der Waals surface area contributed by atoms with Gasteiger partial charge in [-0.15, -0.1) is 5.06 Å². The van der Waals surface area contributed by atoms with E-state index < -0.39 is 17.8 Å². The van der Waals surface area contributed by atoms with Crippen LogP contribution >= 0.6 is 67.8 Å². The van der Waals surface area contributed by atoms with Crippen molar-refractivity contribution in [2.45, 2.75) is 39.5 Å². The molecule has 9 nitrogen and oxygen atoms in total. The van der Waals surface area contributed by atoms with Gasteiger partial charge in [-0.3, -0.25) is 19.2 Å². The maximum Gasteiger partial charge on any atom is 0.366 e. The van der Waals surface area contributed by atoms with E-state index in [0.717, 1.165) is 0 Å². The Kier molecular flexibility index (Phi) is 8.62. The van der Waals surface area contributed by atoms with Crippen LogP contribution in [0.3, 0.4) is 0 Å². The number of hydroxylamine groups is 2. The number of amides is 4. The topological polar surface area (TPSA) is 122 Å². The van der Waals surface area contributed by atoms with Crippen LogP contribution in [0, 0.1) is 10.7 Å². The van der Waals surface area contributed by atoms with E-state index in [9.17, 15) is 24.0 Å². The number of rotatable bonds is 6. The van der Waals surface area contributed by atoms with Gasteiger partial charge in [0.05, 0.1) is 27.6 Å². The summed E-state index contributed by atoms with van der Waals surface area (Å²) < 4.78 is 1.29. The monoisotopic (exact) mass is 739 g/mol. The molecule has 4 amide bonds. The summed E-state index contributed by atoms with van der Waals surface area (Å²) in [5.74, 6) is -2.69. The molecule has 2 rings (SSSR count). The molecule has 0 radical (unpaired) electrons. The molecule has 1 aromatic rings. The van der Waals surface area contributed by atoms with Gasteiger partial charge in [0.1, 0.15) is 0 Å². The van der Waals surface area contributed by atoms with E-state index in [0.29, 0.717) is 27.1 Å². The normalized spacial score (nSPS) is 13.5. The molecular weight excluding hydrogens is 723 g/mol. The Labute approximate surface area is 207 Å². The first kappa shape index (κ1) is 24.2. The molecule has 29 heavy (non-hydrogen) atoms. The lowest BCUT2D eigenvalue weighted by Crippen LogP contribution is -2.33. The van der Waals surface area contributed by atoms with Crippen molar-refractivity contribution in [3.63, 3.8) is 0 Å². The van der Waals surface area contributed by atoms with Crippen LogP contribution in [0.25, 0.3) is 0 Å². The predicted octanol–water partition coefficient (Wildman–Crippen LogP) is 3.42. The number of carbonyl (C=O) groups excluding carboxylic acids is 5. The highest BCUT2D eigenvalue weighted by atomic mass is 127. The minimum absolute atomic E-state index is 0.0252. The lowest BCUT2D eigenvalue weighted by molar-refractivity contribution is -0.172. The van der Waals surface area contributed by atoms with Gasteiger partial charge in [-0.05, 0) is 67.8 Å². The Morgan fingerprint density at radius 2 is 1.28 bits per heavy atom. The van der Waals surface area contributed by atoms with Crippen molar-refractivity contribution in [3.05, 3.63) is 16.3 Å². The molecular formula is C17H16I3N3O6. The van der Waals surface area contributed by atoms with Crippen LogP contribution in [-0.2, 0) is 24.0 Å². The number of carbonyl (C=O) groups is 5. The summed E-state index contributed by atoms with van der Waals surface area (Å²) in [7, 11) is 0. The van der Waals surface area contributed by atoms with Crippen molar-refractivity contribution in [3.8, 4) is 0 Å². The highest BCUT2D eigenvalue weighted by molar-refractivity contribution is 14.1. The summed E-state index contributed by atoms with van der Waals surface area (Å²) in [6.45, 7) is 3.36. The summed E-state index contributed by atoms with van der Waals surface area (Å²) in [4.78, 5) is 65.5. The van der Waals surface area contributed by atoms with Crippen molar-refractivity contribution < 1.29 is 28.8 Å². The number of anilines is 2. The third-order valence-corrected chi connectivity index (χ3v) is 7.11. The Balaban J connectivity index is 2.57. The summed E-state index contributed by atoms with van der Waals surface area (Å²) in [6.07, 6.45) is 0.377. The van der Waals surface area contributed by atoms with Crippen LogP contribution in [-0.4, -0.2) is 34.7 Å². The van der Waals surface area contributed by atoms with Crippen LogP contribution in [0.5, 0.6) is 0 Å². The molecule has 156 valence electrons. The highest BCUT2D eigenvalue weighted by Crippen LogP contribution is 2.39. The number of nitrogens with zero attached hydrogens (tertiary/aromatic N) is 1. The van der Waals surface area contributed by atoms with Gasteiger partial charge < -0.3 is 15.5 Å². The number of hydrogen-bond donors (Lipinski definition) is 2. The SMILES string of the molecule is CCC(=O)Nc1c(I)c(NC(=O)CC)c(I)c(C(=O)ON2C(=O)CCC2=O)c1I. The molecule has 12 heteroatoms. The van der Waals surface area contributed by atoms with E-state index in [4.69, 9.17) is 4.84 Å². The van der Waals surface area contributed by atoms with Crippen molar-refractivity contribution in [2.24, 2.45) is 0 Å². The second-order valence-electron chi connectivity index (χ2n) is 5.83. The molecule has 0 aliphatic carbocycles. The lowest BCUT2D eigenvalue weighted by Gasteiger charge is -2.20. The Morgan fingerprint density at radius 1 is 0.862 bits per heavy atom. The number of imide groups is 1. The molecule has 1 aromatic carbocycles.